The third-order valence-corrected chi connectivity index (χ3v) is 10.9. The monoisotopic (exact) mass is 819 g/mol. The fourth-order valence-electron chi connectivity index (χ4n) is 7.45. The molecule has 3 fully saturated rings. The first-order chi connectivity index (χ1) is 27.5. The lowest BCUT2D eigenvalue weighted by molar-refractivity contribution is -0.138. The molecule has 4 heterocycles. The maximum atomic E-state index is 15.4. The molecule has 4 aromatic rings. The maximum Gasteiger partial charge on any atom is 0.417 e. The first-order valence-corrected chi connectivity index (χ1v) is 18.8. The average molecular weight is 820 g/mol. The van der Waals surface area contributed by atoms with Gasteiger partial charge in [-0.3, -0.25) is 39.2 Å². The SMILES string of the molecule is CC1(C)C(=O)N(c2ccc(C#N)c(C(F)(F)F)c2)C(=S)N1c1ccc(OCCN2CCN(CC(=O)Nc3ccc4c([C@H]5CCC(=O)NC5=O)coc4c3)CC2)c(F)c1. The topological polar surface area (TPSA) is 151 Å². The van der Waals surface area contributed by atoms with Gasteiger partial charge in [0, 0.05) is 73.6 Å². The first-order valence-electron chi connectivity index (χ1n) is 18.4. The van der Waals surface area contributed by atoms with Gasteiger partial charge in [0.1, 0.15) is 17.7 Å². The summed E-state index contributed by atoms with van der Waals surface area (Å²) in [6.45, 7) is 6.39. The molecule has 3 aliphatic heterocycles. The van der Waals surface area contributed by atoms with E-state index >= 15 is 4.39 Å². The van der Waals surface area contributed by atoms with Crippen LogP contribution in [0.25, 0.3) is 11.0 Å². The highest BCUT2D eigenvalue weighted by atomic mass is 32.1. The molecule has 1 aromatic heterocycles. The highest BCUT2D eigenvalue weighted by Gasteiger charge is 2.51. The minimum atomic E-state index is -4.84. The molecule has 7 rings (SSSR count). The standard InChI is InChI=1S/C40H37F4N7O6S/c1-39(2)37(55)50(25-5-3-23(20-45)30(18-25)40(42,43)44)38(58)51(39)26-6-9-32(31(41)19-26)56-16-15-48-11-13-49(14-12-48)21-35(53)46-24-4-7-27-29(22-57-33(27)17-24)28-8-10-34(52)47-36(28)54/h3-7,9,17-19,22,28H,8,10-16,21H2,1-2H3,(H,46,53)(H,47,52,54)/t28-/m1/s1. The van der Waals surface area contributed by atoms with Gasteiger partial charge in [0.2, 0.25) is 17.7 Å². The van der Waals surface area contributed by atoms with Gasteiger partial charge in [-0.15, -0.1) is 0 Å². The van der Waals surface area contributed by atoms with Crippen LogP contribution >= 0.6 is 12.2 Å². The van der Waals surface area contributed by atoms with Crippen LogP contribution in [0, 0.1) is 17.1 Å². The van der Waals surface area contributed by atoms with Crippen molar-refractivity contribution in [3.8, 4) is 11.8 Å². The summed E-state index contributed by atoms with van der Waals surface area (Å²) in [4.78, 5) is 56.8. The van der Waals surface area contributed by atoms with E-state index in [-0.39, 0.29) is 59.5 Å². The summed E-state index contributed by atoms with van der Waals surface area (Å²) in [5, 5.41) is 15.0. The van der Waals surface area contributed by atoms with Crippen molar-refractivity contribution in [1.29, 1.82) is 5.26 Å². The Morgan fingerprint density at radius 2 is 1.76 bits per heavy atom. The minimum Gasteiger partial charge on any atom is -0.489 e. The van der Waals surface area contributed by atoms with Crippen molar-refractivity contribution in [2.45, 2.75) is 44.3 Å². The Hall–Kier alpha value is -5.90. The third kappa shape index (κ3) is 7.97. The molecule has 13 nitrogen and oxygen atoms in total. The smallest absolute Gasteiger partial charge is 0.417 e. The number of hydrogen-bond donors (Lipinski definition) is 2. The lowest BCUT2D eigenvalue weighted by atomic mass is 9.90. The number of halogens is 4. The number of fused-ring (bicyclic) bond motifs is 1. The molecular formula is C40H37F4N7O6S. The highest BCUT2D eigenvalue weighted by molar-refractivity contribution is 7.81. The molecule has 0 unspecified atom stereocenters. The van der Waals surface area contributed by atoms with Crippen molar-refractivity contribution < 1.29 is 45.9 Å². The normalized spacial score (nSPS) is 19.1. The number of piperidine rings is 1. The molecule has 2 N–H and O–H groups in total. The Morgan fingerprint density at radius 3 is 2.45 bits per heavy atom. The van der Waals surface area contributed by atoms with Gasteiger partial charge in [-0.2, -0.15) is 18.4 Å². The van der Waals surface area contributed by atoms with Gasteiger partial charge in [0.25, 0.3) is 5.91 Å². The van der Waals surface area contributed by atoms with E-state index < -0.39 is 40.5 Å². The van der Waals surface area contributed by atoms with Crippen LogP contribution in [-0.2, 0) is 25.4 Å². The summed E-state index contributed by atoms with van der Waals surface area (Å²) in [7, 11) is 0. The van der Waals surface area contributed by atoms with E-state index in [2.05, 4.69) is 15.5 Å². The Kier molecular flexibility index (Phi) is 11.0. The van der Waals surface area contributed by atoms with Crippen LogP contribution in [0.1, 0.15) is 49.3 Å². The zero-order chi connectivity index (χ0) is 41.5. The molecule has 0 aliphatic carbocycles. The van der Waals surface area contributed by atoms with Gasteiger partial charge >= 0.3 is 6.18 Å². The number of imide groups is 1. The molecule has 0 spiro atoms. The molecule has 0 bridgehead atoms. The Balaban J connectivity index is 0.888. The Labute approximate surface area is 335 Å². The highest BCUT2D eigenvalue weighted by Crippen LogP contribution is 2.40. The number of furan rings is 1. The van der Waals surface area contributed by atoms with Gasteiger partial charge in [-0.25, -0.2) is 4.39 Å². The zero-order valence-corrected chi connectivity index (χ0v) is 32.1. The number of rotatable bonds is 10. The number of hydrogen-bond acceptors (Lipinski definition) is 10. The summed E-state index contributed by atoms with van der Waals surface area (Å²) in [6, 6.07) is 13.7. The molecule has 302 valence electrons. The molecular weight excluding hydrogens is 783 g/mol. The number of ether oxygens (including phenoxy) is 1. The van der Waals surface area contributed by atoms with Crippen LogP contribution in [0.5, 0.6) is 5.75 Å². The second kappa shape index (κ2) is 15.8. The lowest BCUT2D eigenvalue weighted by Crippen LogP contribution is -2.49. The second-order valence-corrected chi connectivity index (χ2v) is 15.1. The van der Waals surface area contributed by atoms with E-state index in [0.717, 1.165) is 22.4 Å². The van der Waals surface area contributed by atoms with E-state index in [1.54, 1.807) is 18.2 Å². The average Bonchev–Trinajstić information content (AvgIpc) is 3.66. The molecule has 3 aliphatic rings. The number of anilines is 3. The number of carbonyl (C=O) groups is 4. The van der Waals surface area contributed by atoms with Crippen LogP contribution in [0.15, 0.2) is 65.3 Å². The van der Waals surface area contributed by atoms with E-state index in [9.17, 15) is 37.6 Å². The van der Waals surface area contributed by atoms with E-state index in [0.29, 0.717) is 62.0 Å². The van der Waals surface area contributed by atoms with Crippen molar-refractivity contribution in [2.75, 3.05) is 61.0 Å². The molecule has 18 heteroatoms. The van der Waals surface area contributed by atoms with Crippen molar-refractivity contribution in [3.05, 3.63) is 83.4 Å². The van der Waals surface area contributed by atoms with Gasteiger partial charge in [0.15, 0.2) is 16.7 Å². The summed E-state index contributed by atoms with van der Waals surface area (Å²) in [5.41, 5.74) is -1.41. The number of alkyl halides is 3. The number of piperazine rings is 1. The number of nitrogens with zero attached hydrogens (tertiary/aromatic N) is 5. The second-order valence-electron chi connectivity index (χ2n) is 14.7. The quantitative estimate of drug-likeness (QED) is 0.118. The van der Waals surface area contributed by atoms with Crippen LogP contribution in [-0.4, -0.2) is 90.0 Å². The zero-order valence-electron chi connectivity index (χ0n) is 31.3. The Morgan fingerprint density at radius 1 is 1.03 bits per heavy atom. The fourth-order valence-corrected chi connectivity index (χ4v) is 7.97. The summed E-state index contributed by atoms with van der Waals surface area (Å²) in [5.74, 6) is -2.72. The van der Waals surface area contributed by atoms with Crippen LogP contribution in [0.4, 0.5) is 34.6 Å². The molecule has 1 atom stereocenters. The third-order valence-electron chi connectivity index (χ3n) is 10.5. The minimum absolute atomic E-state index is 0.0352. The predicted octanol–water partition coefficient (Wildman–Crippen LogP) is 5.53. The number of benzene rings is 3. The number of amides is 4. The summed E-state index contributed by atoms with van der Waals surface area (Å²) in [6.07, 6.45) is -2.67. The number of thiocarbonyl (C=S) groups is 1. The van der Waals surface area contributed by atoms with Crippen molar-refractivity contribution in [2.24, 2.45) is 0 Å². The maximum absolute atomic E-state index is 15.4. The van der Waals surface area contributed by atoms with Gasteiger partial charge < -0.3 is 19.4 Å². The van der Waals surface area contributed by atoms with E-state index in [1.165, 1.54) is 49.3 Å². The lowest BCUT2D eigenvalue weighted by Gasteiger charge is -2.34. The van der Waals surface area contributed by atoms with E-state index in [1.807, 2.05) is 4.90 Å². The fraction of sp³-hybridized carbons (Fsp3) is 0.350. The van der Waals surface area contributed by atoms with Gasteiger partial charge in [-0.05, 0) is 75.0 Å². The first kappa shape index (κ1) is 40.3. The molecule has 3 saturated heterocycles. The summed E-state index contributed by atoms with van der Waals surface area (Å²) < 4.78 is 67.9. The summed E-state index contributed by atoms with van der Waals surface area (Å²) >= 11 is 5.55. The largest absolute Gasteiger partial charge is 0.489 e. The molecule has 58 heavy (non-hydrogen) atoms. The molecule has 0 saturated carbocycles. The number of nitriles is 1. The Bertz CT molecular complexity index is 2370. The molecule has 0 radical (unpaired) electrons. The predicted molar refractivity (Wildman–Crippen MR) is 208 cm³/mol. The van der Waals surface area contributed by atoms with Crippen LogP contribution in [0.2, 0.25) is 0 Å². The molecule has 3 aromatic carbocycles. The van der Waals surface area contributed by atoms with Crippen molar-refractivity contribution in [1.82, 2.24) is 15.1 Å². The molecule has 4 amide bonds. The number of carbonyl (C=O) groups excluding carboxylic acids is 4. The van der Waals surface area contributed by atoms with Gasteiger partial charge in [-0.1, -0.05) is 0 Å². The van der Waals surface area contributed by atoms with Crippen molar-refractivity contribution >= 4 is 69.0 Å². The van der Waals surface area contributed by atoms with Crippen molar-refractivity contribution in [3.63, 3.8) is 0 Å². The van der Waals surface area contributed by atoms with Crippen LogP contribution in [0.3, 0.4) is 0 Å². The van der Waals surface area contributed by atoms with E-state index in [4.69, 9.17) is 21.4 Å². The van der Waals surface area contributed by atoms with Gasteiger partial charge in [0.05, 0.1) is 41.6 Å². The van der Waals surface area contributed by atoms with Crippen LogP contribution < -0.4 is 25.2 Å². The number of nitrogens with one attached hydrogen (secondary N) is 2.